The van der Waals surface area contributed by atoms with Gasteiger partial charge in [-0.3, -0.25) is 14.9 Å². The molecule has 1 aromatic heterocycles. The van der Waals surface area contributed by atoms with Crippen molar-refractivity contribution in [2.45, 2.75) is 39.0 Å². The molecule has 23 heavy (non-hydrogen) atoms. The lowest BCUT2D eigenvalue weighted by molar-refractivity contribution is -0.483. The van der Waals surface area contributed by atoms with E-state index in [9.17, 15) is 14.9 Å². The third kappa shape index (κ3) is 4.55. The zero-order valence-electron chi connectivity index (χ0n) is 13.4. The van der Waals surface area contributed by atoms with Gasteiger partial charge in [0.05, 0.1) is 18.9 Å². The van der Waals surface area contributed by atoms with Crippen LogP contribution >= 0.6 is 0 Å². The van der Waals surface area contributed by atoms with Gasteiger partial charge in [-0.1, -0.05) is 19.4 Å². The fraction of sp³-hybridized carbons (Fsp3) is 0.471. The first-order valence-corrected chi connectivity index (χ1v) is 7.83. The van der Waals surface area contributed by atoms with E-state index in [1.807, 2.05) is 18.2 Å². The van der Waals surface area contributed by atoms with E-state index in [1.54, 1.807) is 13.0 Å². The number of aryl methyl sites for hydroxylation is 1. The van der Waals surface area contributed by atoms with E-state index in [0.29, 0.717) is 11.3 Å². The van der Waals surface area contributed by atoms with E-state index in [4.69, 9.17) is 9.15 Å². The van der Waals surface area contributed by atoms with Crippen LogP contribution in [-0.2, 0) is 16.0 Å². The summed E-state index contributed by atoms with van der Waals surface area (Å²) in [6.07, 6.45) is 1.96. The SMILES string of the molecule is CCCc1ccc2oc(C(CC(=O)OCC)C[N+](=O)[O-])cc2c1. The molecule has 0 radical (unpaired) electrons. The van der Waals surface area contributed by atoms with Crippen molar-refractivity contribution in [2.24, 2.45) is 0 Å². The molecular weight excluding hydrogens is 298 g/mol. The van der Waals surface area contributed by atoms with Crippen molar-refractivity contribution < 1.29 is 18.9 Å². The second kappa shape index (κ2) is 7.76. The Morgan fingerprint density at radius 3 is 2.78 bits per heavy atom. The van der Waals surface area contributed by atoms with Crippen molar-refractivity contribution >= 4 is 16.9 Å². The molecule has 1 atom stereocenters. The first-order chi connectivity index (χ1) is 11.0. The predicted molar refractivity (Wildman–Crippen MR) is 86.1 cm³/mol. The fourth-order valence-electron chi connectivity index (χ4n) is 2.61. The van der Waals surface area contributed by atoms with Gasteiger partial charge >= 0.3 is 5.97 Å². The number of furan rings is 1. The van der Waals surface area contributed by atoms with Gasteiger partial charge in [-0.2, -0.15) is 0 Å². The molecule has 1 aromatic carbocycles. The molecule has 0 amide bonds. The zero-order valence-corrected chi connectivity index (χ0v) is 13.4. The second-order valence-corrected chi connectivity index (χ2v) is 5.49. The van der Waals surface area contributed by atoms with Crippen molar-refractivity contribution in [3.8, 4) is 0 Å². The van der Waals surface area contributed by atoms with Gasteiger partial charge in [-0.25, -0.2) is 0 Å². The van der Waals surface area contributed by atoms with Gasteiger partial charge in [0.2, 0.25) is 6.54 Å². The molecule has 6 heteroatoms. The third-order valence-corrected chi connectivity index (χ3v) is 3.63. The van der Waals surface area contributed by atoms with Gasteiger partial charge in [0.15, 0.2) is 0 Å². The summed E-state index contributed by atoms with van der Waals surface area (Å²) >= 11 is 0. The number of esters is 1. The van der Waals surface area contributed by atoms with Gasteiger partial charge in [0.1, 0.15) is 11.3 Å². The van der Waals surface area contributed by atoms with E-state index in [2.05, 4.69) is 6.92 Å². The normalized spacial score (nSPS) is 12.3. The van der Waals surface area contributed by atoms with Gasteiger partial charge in [-0.05, 0) is 37.1 Å². The average molecular weight is 319 g/mol. The Balaban J connectivity index is 2.27. The largest absolute Gasteiger partial charge is 0.466 e. The number of carbonyl (C=O) groups excluding carboxylic acids is 1. The van der Waals surface area contributed by atoms with Crippen molar-refractivity contribution in [1.82, 2.24) is 0 Å². The summed E-state index contributed by atoms with van der Waals surface area (Å²) in [5, 5.41) is 11.8. The van der Waals surface area contributed by atoms with Crippen LogP contribution in [0.2, 0.25) is 0 Å². The molecule has 0 aliphatic rings. The molecular formula is C17H21NO5. The number of carbonyl (C=O) groups is 1. The Morgan fingerprint density at radius 2 is 2.13 bits per heavy atom. The van der Waals surface area contributed by atoms with Crippen LogP contribution in [0.15, 0.2) is 28.7 Å². The Bertz CT molecular complexity index is 691. The average Bonchev–Trinajstić information content (AvgIpc) is 2.90. The maximum atomic E-state index is 11.7. The van der Waals surface area contributed by atoms with E-state index in [-0.39, 0.29) is 19.6 Å². The van der Waals surface area contributed by atoms with Crippen LogP contribution in [0, 0.1) is 10.1 Å². The summed E-state index contributed by atoms with van der Waals surface area (Å²) < 4.78 is 10.6. The van der Waals surface area contributed by atoms with Gasteiger partial charge in [0, 0.05) is 10.3 Å². The summed E-state index contributed by atoms with van der Waals surface area (Å²) in [5.74, 6) is -0.615. The van der Waals surface area contributed by atoms with Crippen LogP contribution in [0.1, 0.15) is 43.9 Å². The standard InChI is InChI=1S/C17H21NO5/c1-3-5-12-6-7-15-13(8-12)9-16(23-15)14(11-18(20)21)10-17(19)22-4-2/h6-9,14H,3-5,10-11H2,1-2H3. The molecule has 0 saturated carbocycles. The number of rotatable bonds is 8. The van der Waals surface area contributed by atoms with Gasteiger partial charge < -0.3 is 9.15 Å². The highest BCUT2D eigenvalue weighted by molar-refractivity contribution is 5.79. The minimum absolute atomic E-state index is 0.0591. The van der Waals surface area contributed by atoms with Crippen molar-refractivity contribution in [3.05, 3.63) is 45.7 Å². The summed E-state index contributed by atoms with van der Waals surface area (Å²) in [5.41, 5.74) is 1.88. The molecule has 0 bridgehead atoms. The molecule has 0 fully saturated rings. The first kappa shape index (κ1) is 17.0. The lowest BCUT2D eigenvalue weighted by Crippen LogP contribution is -2.17. The number of nitro groups is 1. The van der Waals surface area contributed by atoms with E-state index < -0.39 is 16.8 Å². The summed E-state index contributed by atoms with van der Waals surface area (Å²) in [6, 6.07) is 7.69. The van der Waals surface area contributed by atoms with Crippen molar-refractivity contribution in [3.63, 3.8) is 0 Å². The molecule has 124 valence electrons. The Hall–Kier alpha value is -2.37. The monoisotopic (exact) mass is 319 g/mol. The zero-order chi connectivity index (χ0) is 16.8. The summed E-state index contributed by atoms with van der Waals surface area (Å²) in [6.45, 7) is 3.71. The maximum Gasteiger partial charge on any atom is 0.306 e. The predicted octanol–water partition coefficient (Wildman–Crippen LogP) is 3.70. The smallest absolute Gasteiger partial charge is 0.306 e. The molecule has 2 rings (SSSR count). The highest BCUT2D eigenvalue weighted by Crippen LogP contribution is 2.29. The number of fused-ring (bicyclic) bond motifs is 1. The Morgan fingerprint density at radius 1 is 1.35 bits per heavy atom. The molecule has 1 unspecified atom stereocenters. The Kier molecular flexibility index (Phi) is 5.73. The summed E-state index contributed by atoms with van der Waals surface area (Å²) in [4.78, 5) is 22.1. The van der Waals surface area contributed by atoms with E-state index in [1.165, 1.54) is 5.56 Å². The molecule has 0 N–H and O–H groups in total. The van der Waals surface area contributed by atoms with E-state index in [0.717, 1.165) is 18.2 Å². The third-order valence-electron chi connectivity index (χ3n) is 3.63. The molecule has 6 nitrogen and oxygen atoms in total. The lowest BCUT2D eigenvalue weighted by atomic mass is 10.0. The maximum absolute atomic E-state index is 11.7. The van der Waals surface area contributed by atoms with Crippen molar-refractivity contribution in [1.29, 1.82) is 0 Å². The van der Waals surface area contributed by atoms with Crippen molar-refractivity contribution in [2.75, 3.05) is 13.2 Å². The molecule has 0 aliphatic carbocycles. The number of hydrogen-bond donors (Lipinski definition) is 0. The fourth-order valence-corrected chi connectivity index (χ4v) is 2.61. The number of nitrogens with zero attached hydrogens (tertiary/aromatic N) is 1. The molecule has 0 aliphatic heterocycles. The van der Waals surface area contributed by atoms with Crippen LogP contribution in [0.5, 0.6) is 0 Å². The molecule has 0 saturated heterocycles. The highest BCUT2D eigenvalue weighted by atomic mass is 16.6. The molecule has 0 spiro atoms. The second-order valence-electron chi connectivity index (χ2n) is 5.49. The van der Waals surface area contributed by atoms with Crippen LogP contribution < -0.4 is 0 Å². The quantitative estimate of drug-likeness (QED) is 0.421. The topological polar surface area (TPSA) is 82.6 Å². The summed E-state index contributed by atoms with van der Waals surface area (Å²) in [7, 11) is 0. The number of ether oxygens (including phenoxy) is 1. The number of hydrogen-bond acceptors (Lipinski definition) is 5. The van der Waals surface area contributed by atoms with Crippen LogP contribution in [0.4, 0.5) is 0 Å². The van der Waals surface area contributed by atoms with Crippen LogP contribution in [0.25, 0.3) is 11.0 Å². The van der Waals surface area contributed by atoms with Crippen LogP contribution in [-0.4, -0.2) is 24.0 Å². The minimum atomic E-state index is -0.619. The Labute approximate surface area is 134 Å². The van der Waals surface area contributed by atoms with Crippen LogP contribution in [0.3, 0.4) is 0 Å². The highest BCUT2D eigenvalue weighted by Gasteiger charge is 2.25. The molecule has 1 heterocycles. The molecule has 2 aromatic rings. The van der Waals surface area contributed by atoms with Gasteiger partial charge in [0.25, 0.3) is 0 Å². The number of benzene rings is 1. The van der Waals surface area contributed by atoms with E-state index >= 15 is 0 Å². The van der Waals surface area contributed by atoms with Gasteiger partial charge in [-0.15, -0.1) is 0 Å². The minimum Gasteiger partial charge on any atom is -0.466 e. The lowest BCUT2D eigenvalue weighted by Gasteiger charge is -2.09. The first-order valence-electron chi connectivity index (χ1n) is 7.83.